The van der Waals surface area contributed by atoms with Crippen LogP contribution < -0.4 is 0 Å². The molecule has 0 saturated carbocycles. The van der Waals surface area contributed by atoms with Gasteiger partial charge in [-0.15, -0.1) is 24.8 Å². The average molecular weight is 211 g/mol. The van der Waals surface area contributed by atoms with Crippen molar-refractivity contribution < 1.29 is 4.57 Å². The van der Waals surface area contributed by atoms with Crippen LogP contribution in [0.2, 0.25) is 0 Å². The molecule has 0 fully saturated rings. The highest BCUT2D eigenvalue weighted by Gasteiger charge is 1.36. The Labute approximate surface area is 79.4 Å². The molecule has 0 amide bonds. The van der Waals surface area contributed by atoms with Crippen LogP contribution in [0.1, 0.15) is 40.5 Å². The van der Waals surface area contributed by atoms with Crippen molar-refractivity contribution in [1.29, 1.82) is 0 Å². The largest absolute Gasteiger partial charge is 0.333 e. The molecule has 1 nitrogen and oxygen atoms in total. The summed E-state index contributed by atoms with van der Waals surface area (Å²) >= 11 is 0. The molecule has 0 N–H and O–H groups in total. The third-order valence-electron chi connectivity index (χ3n) is 0. The highest BCUT2D eigenvalue weighted by Crippen LogP contribution is 1.56. The summed E-state index contributed by atoms with van der Waals surface area (Å²) in [6.45, 7) is 8.50. The summed E-state index contributed by atoms with van der Waals surface area (Å²) in [6, 6.07) is 0. The fourth-order valence-electron chi connectivity index (χ4n) is 0. The van der Waals surface area contributed by atoms with E-state index in [4.69, 9.17) is 4.57 Å². The number of hydrogen-bond acceptors (Lipinski definition) is 1. The van der Waals surface area contributed by atoms with Gasteiger partial charge in [0.1, 0.15) is 0 Å². The average Bonchev–Trinajstić information content (AvgIpc) is 1.75. The molecule has 0 aromatic rings. The highest BCUT2D eigenvalue weighted by molar-refractivity contribution is 7.00. The van der Waals surface area contributed by atoms with Gasteiger partial charge in [0.05, 0.1) is 9.12 Å². The van der Waals surface area contributed by atoms with E-state index in [-0.39, 0.29) is 24.8 Å². The number of hydrogen-bond donors (Lipinski definition) is 0. The molecule has 0 aliphatic carbocycles. The molecule has 70 valence electrons. The molecule has 0 aliphatic heterocycles. The first kappa shape index (κ1) is 30.8. The van der Waals surface area contributed by atoms with Crippen LogP contribution in [0.5, 0.6) is 0 Å². The molecular weight excluding hydrogens is 190 g/mol. The highest BCUT2D eigenvalue weighted by atomic mass is 35.5. The van der Waals surface area contributed by atoms with Gasteiger partial charge in [0.15, 0.2) is 0 Å². The van der Waals surface area contributed by atoms with Gasteiger partial charge in [-0.25, -0.2) is 0 Å². The summed E-state index contributed by atoms with van der Waals surface area (Å²) in [4.78, 5) is 0. The molecule has 0 aromatic carbocycles. The standard InChI is InChI=1S/2C3H8.2ClH.H3OP/c2*1-3-2;;;1-2/h2*3H2,1-2H3;2*1H;2H3. The number of halogens is 2. The molecule has 10 heavy (non-hydrogen) atoms. The second-order valence-electron chi connectivity index (χ2n) is 1.41. The zero-order valence-electron chi connectivity index (χ0n) is 7.35. The van der Waals surface area contributed by atoms with Crippen molar-refractivity contribution in [1.82, 2.24) is 0 Å². The van der Waals surface area contributed by atoms with Gasteiger partial charge in [-0.2, -0.15) is 0 Å². The minimum Gasteiger partial charge on any atom is -0.333 e. The Morgan fingerprint density at radius 2 is 0.800 bits per heavy atom. The maximum Gasteiger partial charge on any atom is 0.0527 e. The van der Waals surface area contributed by atoms with Crippen molar-refractivity contribution in [2.75, 3.05) is 0 Å². The lowest BCUT2D eigenvalue weighted by Crippen LogP contribution is -1.27. The zero-order valence-corrected chi connectivity index (χ0v) is 10.4. The van der Waals surface area contributed by atoms with E-state index in [1.54, 1.807) is 0 Å². The second kappa shape index (κ2) is 96.4. The van der Waals surface area contributed by atoms with E-state index in [9.17, 15) is 0 Å². The third kappa shape index (κ3) is 819. The summed E-state index contributed by atoms with van der Waals surface area (Å²) in [7, 11) is 0.611. The smallest absolute Gasteiger partial charge is 0.0527 e. The topological polar surface area (TPSA) is 17.1 Å². The first-order valence-corrected chi connectivity index (χ1v) is 3.69. The summed E-state index contributed by atoms with van der Waals surface area (Å²) in [6.07, 6.45) is 2.50. The fourth-order valence-corrected chi connectivity index (χ4v) is 0. The zero-order chi connectivity index (χ0) is 7.41. The Morgan fingerprint density at radius 3 is 0.800 bits per heavy atom. The van der Waals surface area contributed by atoms with Crippen LogP contribution in [-0.4, -0.2) is 0 Å². The van der Waals surface area contributed by atoms with Gasteiger partial charge in [0.2, 0.25) is 0 Å². The van der Waals surface area contributed by atoms with Crippen molar-refractivity contribution >= 4 is 33.9 Å². The molecular formula is C6H21Cl2OP. The fraction of sp³-hybridized carbons (Fsp3) is 1.00. The summed E-state index contributed by atoms with van der Waals surface area (Å²) in [5.41, 5.74) is 0. The molecule has 0 radical (unpaired) electrons. The Hall–Kier alpha value is 0.810. The van der Waals surface area contributed by atoms with Crippen LogP contribution in [0.25, 0.3) is 0 Å². The lowest BCUT2D eigenvalue weighted by atomic mass is 10.6. The molecule has 0 heterocycles. The minimum absolute atomic E-state index is 0. The van der Waals surface area contributed by atoms with E-state index < -0.39 is 0 Å². The van der Waals surface area contributed by atoms with Crippen LogP contribution in [0.4, 0.5) is 0 Å². The van der Waals surface area contributed by atoms with Crippen LogP contribution in [0, 0.1) is 0 Å². The monoisotopic (exact) mass is 210 g/mol. The predicted molar refractivity (Wildman–Crippen MR) is 58.2 cm³/mol. The predicted octanol–water partition coefficient (Wildman–Crippen LogP) is 3.62. The van der Waals surface area contributed by atoms with Crippen molar-refractivity contribution in [3.8, 4) is 0 Å². The minimum atomic E-state index is 0. The Morgan fingerprint density at radius 1 is 0.800 bits per heavy atom. The van der Waals surface area contributed by atoms with Gasteiger partial charge in [-0.1, -0.05) is 40.5 Å². The van der Waals surface area contributed by atoms with Gasteiger partial charge in [-0.05, 0) is 0 Å². The van der Waals surface area contributed by atoms with E-state index in [2.05, 4.69) is 27.7 Å². The second-order valence-corrected chi connectivity index (χ2v) is 1.41. The maximum absolute atomic E-state index is 8.28. The van der Waals surface area contributed by atoms with Gasteiger partial charge >= 0.3 is 0 Å². The lowest BCUT2D eigenvalue weighted by molar-refractivity contribution is 0.607. The molecule has 0 saturated heterocycles. The van der Waals surface area contributed by atoms with Gasteiger partial charge in [0.25, 0.3) is 0 Å². The van der Waals surface area contributed by atoms with Gasteiger partial charge in [0, 0.05) is 0 Å². The van der Waals surface area contributed by atoms with E-state index >= 15 is 0 Å². The van der Waals surface area contributed by atoms with Crippen molar-refractivity contribution in [3.63, 3.8) is 0 Å². The summed E-state index contributed by atoms with van der Waals surface area (Å²) in [5.74, 6) is 0. The van der Waals surface area contributed by atoms with Crippen LogP contribution in [-0.2, 0) is 4.57 Å². The van der Waals surface area contributed by atoms with Gasteiger partial charge in [-0.3, -0.25) is 0 Å². The summed E-state index contributed by atoms with van der Waals surface area (Å²) in [5, 5.41) is 0. The first-order chi connectivity index (χ1) is 3.83. The van der Waals surface area contributed by atoms with Crippen LogP contribution in [0.3, 0.4) is 0 Å². The van der Waals surface area contributed by atoms with E-state index in [1.807, 2.05) is 0 Å². The normalized spacial score (nSPS) is 4.40. The Kier molecular flexibility index (Phi) is 297. The molecule has 0 spiro atoms. The Balaban J connectivity index is -0.0000000116. The molecule has 0 aliphatic rings. The summed E-state index contributed by atoms with van der Waals surface area (Å²) < 4.78 is 8.28. The quantitative estimate of drug-likeness (QED) is 0.559. The Bertz CT molecular complexity index is 23.2. The third-order valence-corrected chi connectivity index (χ3v) is 0. The molecule has 0 aromatic heterocycles. The molecule has 4 heteroatoms. The van der Waals surface area contributed by atoms with Crippen LogP contribution >= 0.6 is 33.9 Å². The lowest BCUT2D eigenvalue weighted by Gasteiger charge is -1.48. The van der Waals surface area contributed by atoms with Crippen molar-refractivity contribution in [3.05, 3.63) is 0 Å². The van der Waals surface area contributed by atoms with Gasteiger partial charge < -0.3 is 4.57 Å². The van der Waals surface area contributed by atoms with E-state index in [0.717, 1.165) is 0 Å². The molecule has 1 atom stereocenters. The van der Waals surface area contributed by atoms with Crippen LogP contribution in [0.15, 0.2) is 0 Å². The SMILES string of the molecule is CCC.CCC.Cl.Cl.O=[PH3]. The number of rotatable bonds is 0. The van der Waals surface area contributed by atoms with Crippen molar-refractivity contribution in [2.24, 2.45) is 0 Å². The molecule has 0 bridgehead atoms. The first-order valence-electron chi connectivity index (χ1n) is 3.12. The van der Waals surface area contributed by atoms with E-state index in [1.165, 1.54) is 12.8 Å². The maximum atomic E-state index is 8.28. The molecule has 1 unspecified atom stereocenters. The molecule has 0 rings (SSSR count). The van der Waals surface area contributed by atoms with E-state index in [0.29, 0.717) is 9.12 Å². The van der Waals surface area contributed by atoms with Crippen molar-refractivity contribution in [2.45, 2.75) is 40.5 Å².